The maximum Gasteiger partial charge on any atom is 0.191 e. The number of aromatic nitrogens is 2. The lowest BCUT2D eigenvalue weighted by Crippen LogP contribution is -2.03. The summed E-state index contributed by atoms with van der Waals surface area (Å²) in [6.45, 7) is 5.09. The predicted octanol–water partition coefficient (Wildman–Crippen LogP) is 4.33. The molecular formula is C16H22N4S. The molecule has 0 saturated carbocycles. The van der Waals surface area contributed by atoms with Gasteiger partial charge in [0.25, 0.3) is 0 Å². The molecule has 112 valence electrons. The molecule has 0 amide bonds. The fraction of sp³-hybridized carbons (Fsp3) is 0.375. The second-order valence-corrected chi connectivity index (χ2v) is 5.50. The maximum atomic E-state index is 4.49. The van der Waals surface area contributed by atoms with Gasteiger partial charge < -0.3 is 10.6 Å². The Labute approximate surface area is 130 Å². The van der Waals surface area contributed by atoms with E-state index in [2.05, 4.69) is 58.7 Å². The molecule has 0 radical (unpaired) electrons. The van der Waals surface area contributed by atoms with Gasteiger partial charge in [0, 0.05) is 18.3 Å². The van der Waals surface area contributed by atoms with Crippen molar-refractivity contribution < 1.29 is 0 Å². The van der Waals surface area contributed by atoms with Gasteiger partial charge in [0.05, 0.1) is 0 Å². The second kappa shape index (κ2) is 7.88. The molecule has 21 heavy (non-hydrogen) atoms. The quantitative estimate of drug-likeness (QED) is 0.589. The van der Waals surface area contributed by atoms with Gasteiger partial charge in [0.15, 0.2) is 5.16 Å². The van der Waals surface area contributed by atoms with Crippen molar-refractivity contribution in [3.05, 3.63) is 35.9 Å². The van der Waals surface area contributed by atoms with Gasteiger partial charge in [0.1, 0.15) is 11.6 Å². The van der Waals surface area contributed by atoms with Gasteiger partial charge >= 0.3 is 0 Å². The van der Waals surface area contributed by atoms with Crippen LogP contribution < -0.4 is 10.6 Å². The fourth-order valence-corrected chi connectivity index (χ4v) is 2.42. The average Bonchev–Trinajstić information content (AvgIpc) is 2.49. The number of thioether (sulfide) groups is 1. The molecule has 1 aromatic heterocycles. The Bertz CT molecular complexity index is 569. The molecule has 0 spiro atoms. The minimum Gasteiger partial charge on any atom is -0.370 e. The highest BCUT2D eigenvalue weighted by Crippen LogP contribution is 2.21. The smallest absolute Gasteiger partial charge is 0.191 e. The van der Waals surface area contributed by atoms with Crippen molar-refractivity contribution in [2.75, 3.05) is 23.4 Å². The molecule has 0 aliphatic heterocycles. The van der Waals surface area contributed by atoms with E-state index in [1.807, 2.05) is 12.3 Å². The van der Waals surface area contributed by atoms with Crippen LogP contribution in [0.25, 0.3) is 0 Å². The van der Waals surface area contributed by atoms with E-state index in [-0.39, 0.29) is 0 Å². The van der Waals surface area contributed by atoms with Crippen LogP contribution in [0.4, 0.5) is 17.3 Å². The third kappa shape index (κ3) is 4.63. The molecule has 2 aromatic rings. The molecule has 5 heteroatoms. The third-order valence-electron chi connectivity index (χ3n) is 3.01. The van der Waals surface area contributed by atoms with Crippen LogP contribution >= 0.6 is 11.8 Å². The van der Waals surface area contributed by atoms with Crippen molar-refractivity contribution in [1.82, 2.24) is 9.97 Å². The minimum atomic E-state index is 0.763. The number of anilines is 3. The molecule has 1 heterocycles. The Hall–Kier alpha value is -1.75. The molecule has 4 nitrogen and oxygen atoms in total. The van der Waals surface area contributed by atoms with E-state index in [0.717, 1.165) is 35.4 Å². The van der Waals surface area contributed by atoms with E-state index < -0.39 is 0 Å². The highest BCUT2D eigenvalue weighted by Gasteiger charge is 2.04. The topological polar surface area (TPSA) is 49.8 Å². The molecule has 2 rings (SSSR count). The Morgan fingerprint density at radius 1 is 1.05 bits per heavy atom. The monoisotopic (exact) mass is 302 g/mol. The van der Waals surface area contributed by atoms with Gasteiger partial charge in [-0.25, -0.2) is 9.97 Å². The Morgan fingerprint density at radius 2 is 1.76 bits per heavy atom. The van der Waals surface area contributed by atoms with Crippen LogP contribution in [0.2, 0.25) is 0 Å². The van der Waals surface area contributed by atoms with Crippen molar-refractivity contribution in [3.63, 3.8) is 0 Å². The normalized spacial score (nSPS) is 10.4. The molecule has 0 saturated heterocycles. The van der Waals surface area contributed by atoms with Gasteiger partial charge in [-0.1, -0.05) is 37.2 Å². The van der Waals surface area contributed by atoms with E-state index >= 15 is 0 Å². The summed E-state index contributed by atoms with van der Waals surface area (Å²) in [6.07, 6.45) is 4.27. The van der Waals surface area contributed by atoms with Crippen LogP contribution in [-0.4, -0.2) is 22.8 Å². The van der Waals surface area contributed by atoms with E-state index in [1.54, 1.807) is 11.8 Å². The van der Waals surface area contributed by atoms with Crippen molar-refractivity contribution in [2.45, 2.75) is 31.8 Å². The first-order chi connectivity index (χ1) is 10.2. The Morgan fingerprint density at radius 3 is 2.38 bits per heavy atom. The standard InChI is InChI=1S/C16H22N4S/c1-4-6-12-7-9-13(10-8-12)18-15-11-14(17-5-2)19-16(20-15)21-3/h7-11H,4-6H2,1-3H3,(H2,17,18,19,20). The molecule has 0 fully saturated rings. The van der Waals surface area contributed by atoms with Crippen LogP contribution in [0.3, 0.4) is 0 Å². The summed E-state index contributed by atoms with van der Waals surface area (Å²) < 4.78 is 0. The molecule has 2 N–H and O–H groups in total. The SMILES string of the molecule is CCCc1ccc(Nc2cc(NCC)nc(SC)n2)cc1. The number of nitrogens with zero attached hydrogens (tertiary/aromatic N) is 2. The lowest BCUT2D eigenvalue weighted by atomic mass is 10.1. The van der Waals surface area contributed by atoms with Crippen molar-refractivity contribution >= 4 is 29.1 Å². The summed E-state index contributed by atoms with van der Waals surface area (Å²) in [6, 6.07) is 10.4. The van der Waals surface area contributed by atoms with Crippen LogP contribution in [0.1, 0.15) is 25.8 Å². The Kier molecular flexibility index (Phi) is 5.87. The summed E-state index contributed by atoms with van der Waals surface area (Å²) in [5.74, 6) is 1.66. The summed E-state index contributed by atoms with van der Waals surface area (Å²) in [5.41, 5.74) is 2.41. The molecular weight excluding hydrogens is 280 g/mol. The fourth-order valence-electron chi connectivity index (χ4n) is 2.04. The zero-order valence-electron chi connectivity index (χ0n) is 12.8. The van der Waals surface area contributed by atoms with Gasteiger partial charge in [-0.05, 0) is 37.3 Å². The molecule has 0 bridgehead atoms. The van der Waals surface area contributed by atoms with Crippen LogP contribution in [0.5, 0.6) is 0 Å². The highest BCUT2D eigenvalue weighted by atomic mass is 32.2. The van der Waals surface area contributed by atoms with Crippen LogP contribution in [0, 0.1) is 0 Å². The van der Waals surface area contributed by atoms with E-state index in [0.29, 0.717) is 0 Å². The lowest BCUT2D eigenvalue weighted by molar-refractivity contribution is 0.922. The summed E-state index contributed by atoms with van der Waals surface area (Å²) in [7, 11) is 0. The first-order valence-corrected chi connectivity index (χ1v) is 8.50. The number of hydrogen-bond acceptors (Lipinski definition) is 5. The average molecular weight is 302 g/mol. The van der Waals surface area contributed by atoms with Crippen molar-refractivity contribution in [2.24, 2.45) is 0 Å². The molecule has 0 aliphatic rings. The predicted molar refractivity (Wildman–Crippen MR) is 91.7 cm³/mol. The molecule has 0 atom stereocenters. The number of aryl methyl sites for hydroxylation is 1. The van der Waals surface area contributed by atoms with Gasteiger partial charge in [-0.3, -0.25) is 0 Å². The summed E-state index contributed by atoms with van der Waals surface area (Å²) in [5, 5.41) is 7.33. The molecule has 0 aliphatic carbocycles. The second-order valence-electron chi connectivity index (χ2n) is 4.73. The van der Waals surface area contributed by atoms with E-state index in [4.69, 9.17) is 0 Å². The van der Waals surface area contributed by atoms with E-state index in [9.17, 15) is 0 Å². The third-order valence-corrected chi connectivity index (χ3v) is 3.56. The zero-order valence-corrected chi connectivity index (χ0v) is 13.6. The summed E-state index contributed by atoms with van der Waals surface area (Å²) >= 11 is 1.54. The molecule has 0 unspecified atom stereocenters. The molecule has 1 aromatic carbocycles. The first-order valence-electron chi connectivity index (χ1n) is 7.28. The van der Waals surface area contributed by atoms with Crippen molar-refractivity contribution in [1.29, 1.82) is 0 Å². The first kappa shape index (κ1) is 15.6. The minimum absolute atomic E-state index is 0.763. The van der Waals surface area contributed by atoms with Crippen LogP contribution in [-0.2, 0) is 6.42 Å². The maximum absolute atomic E-state index is 4.49. The van der Waals surface area contributed by atoms with E-state index in [1.165, 1.54) is 12.0 Å². The number of benzene rings is 1. The van der Waals surface area contributed by atoms with Crippen LogP contribution in [0.15, 0.2) is 35.5 Å². The zero-order chi connectivity index (χ0) is 15.1. The number of rotatable bonds is 7. The highest BCUT2D eigenvalue weighted by molar-refractivity contribution is 7.98. The largest absolute Gasteiger partial charge is 0.370 e. The van der Waals surface area contributed by atoms with Crippen molar-refractivity contribution in [3.8, 4) is 0 Å². The van der Waals surface area contributed by atoms with Gasteiger partial charge in [0.2, 0.25) is 0 Å². The lowest BCUT2D eigenvalue weighted by Gasteiger charge is -2.10. The summed E-state index contributed by atoms with van der Waals surface area (Å²) in [4.78, 5) is 8.91. The number of hydrogen-bond donors (Lipinski definition) is 2. The van der Waals surface area contributed by atoms with Gasteiger partial charge in [-0.15, -0.1) is 0 Å². The number of nitrogens with one attached hydrogen (secondary N) is 2. The Balaban J connectivity index is 2.15. The van der Waals surface area contributed by atoms with Gasteiger partial charge in [-0.2, -0.15) is 0 Å².